The van der Waals surface area contributed by atoms with Gasteiger partial charge < -0.3 is 37.5 Å². The number of carbonyl (C=O) groups is 1. The number of hydrogen-bond donors (Lipinski definition) is 0. The average Bonchev–Trinajstić information content (AvgIpc) is 0.783. The fourth-order valence-electron chi connectivity index (χ4n) is 6.60. The van der Waals surface area contributed by atoms with Gasteiger partial charge >= 0.3 is 71.4 Å². The SMILES string of the molecule is CC(C)c1cc(C(C)C)c(S(=O)(=O)[O-])c(C(C)C)c1.FB(F)F.FB(F)F.F[P-](F)(F)(F)(F)F.Fc1ccc([S+](c2ccc(F)c(Cl)c2)c2ccc(F)c(Cl)c2)cc1Cl.O=C([O-])C(Cl)(Cl)Cl.O=S(=O)([O-])C(F)(F)F.O=S(=O)([O-])C(F)(F)F.O=S(=O)([O-])c1ccc(Cl)cc1.[B]c1c(F)c(F)c(F)c(F)c1F.[B]c1cc(C(F)(F)F)cc(C(F)(F)F)c1.[F-].[F-]. The van der Waals surface area contributed by atoms with Gasteiger partial charge in [-0.25, -0.2) is 68.8 Å². The van der Waals surface area contributed by atoms with Gasteiger partial charge in [-0.1, -0.05) is 152 Å². The summed E-state index contributed by atoms with van der Waals surface area (Å²) in [6, 6.07) is 22.6. The molecule has 0 saturated heterocycles. The summed E-state index contributed by atoms with van der Waals surface area (Å²) in [5.74, 6) is -13.3. The van der Waals surface area contributed by atoms with E-state index in [1.807, 2.05) is 39.8 Å². The molecule has 0 bridgehead atoms. The molecule has 14 nitrogen and oxygen atoms in total. The Labute approximate surface area is 708 Å². The van der Waals surface area contributed by atoms with Crippen molar-refractivity contribution < 1.29 is 210 Å². The van der Waals surface area contributed by atoms with Gasteiger partial charge in [-0.2, -0.15) is 52.7 Å². The van der Waals surface area contributed by atoms with E-state index in [0.717, 1.165) is 5.56 Å². The van der Waals surface area contributed by atoms with Gasteiger partial charge in [0.15, 0.2) is 64.0 Å². The van der Waals surface area contributed by atoms with Gasteiger partial charge in [0.2, 0.25) is 3.79 Å². The topological polar surface area (TPSA) is 269 Å². The first kappa shape index (κ1) is 127. The van der Waals surface area contributed by atoms with Crippen molar-refractivity contribution in [3.05, 3.63) is 204 Å². The van der Waals surface area contributed by atoms with E-state index in [9.17, 15) is 175 Å². The zero-order valence-electron chi connectivity index (χ0n) is 59.1. The third-order valence-electron chi connectivity index (χ3n) is 11.5. The molecule has 7 rings (SSSR count). The van der Waals surface area contributed by atoms with Crippen LogP contribution in [0.4, 0.5) is 139 Å². The summed E-state index contributed by atoms with van der Waals surface area (Å²) in [7, 11) is -30.3. The van der Waals surface area contributed by atoms with E-state index in [1.54, 1.807) is 18.2 Å². The maximum atomic E-state index is 13.5. The molecule has 4 radical (unpaired) electrons. The van der Waals surface area contributed by atoms with Gasteiger partial charge in [-0.15, -0.1) is 0 Å². The van der Waals surface area contributed by atoms with Crippen LogP contribution < -0.4 is 25.4 Å². The van der Waals surface area contributed by atoms with Crippen LogP contribution in [0.5, 0.6) is 0 Å². The molecule has 65 heteroatoms. The Hall–Kier alpha value is -5.66. The second-order valence-corrected chi connectivity index (χ2v) is 35.1. The van der Waals surface area contributed by atoms with Crippen LogP contribution >= 0.6 is 89.0 Å². The normalized spacial score (nSPS) is 12.2. The predicted octanol–water partition coefficient (Wildman–Crippen LogP) is 15.4. The Morgan fingerprint density at radius 1 is 0.426 bits per heavy atom. The summed E-state index contributed by atoms with van der Waals surface area (Å²) < 4.78 is 473. The van der Waals surface area contributed by atoms with Crippen molar-refractivity contribution in [1.29, 1.82) is 0 Å². The van der Waals surface area contributed by atoms with E-state index >= 15 is 0 Å². The second-order valence-electron chi connectivity index (χ2n) is 21.7. The van der Waals surface area contributed by atoms with E-state index in [4.69, 9.17) is 115 Å². The summed E-state index contributed by atoms with van der Waals surface area (Å²) in [5.41, 5.74) is -13.7. The number of carbonyl (C=O) groups excluding carboxylic acids is 1. The minimum Gasteiger partial charge on any atom is -1.00 e. The predicted molar refractivity (Wildman–Crippen MR) is 374 cm³/mol. The summed E-state index contributed by atoms with van der Waals surface area (Å²) in [5, 5.41) is 9.78. The smallest absolute Gasteiger partial charge is 0.485 e. The second kappa shape index (κ2) is 49.6. The molecule has 0 aromatic heterocycles. The van der Waals surface area contributed by atoms with Crippen molar-refractivity contribution in [3.8, 4) is 0 Å². The molecule has 0 aliphatic rings. The van der Waals surface area contributed by atoms with Gasteiger partial charge in [0, 0.05) is 23.2 Å². The first-order chi connectivity index (χ1) is 52.8. The molecule has 122 heavy (non-hydrogen) atoms. The summed E-state index contributed by atoms with van der Waals surface area (Å²) in [4.78, 5) is 11.2. The molecule has 692 valence electrons. The van der Waals surface area contributed by atoms with Crippen LogP contribution in [0.3, 0.4) is 0 Å². The molecule has 0 spiro atoms. The third-order valence-corrected chi connectivity index (χ3v) is 18.2. The summed E-state index contributed by atoms with van der Waals surface area (Å²) in [6.07, 6.45) is -9.68. The fraction of sp³-hybridized carbons (Fsp3) is 0.246. The number of rotatable bonds is 8. The molecule has 0 saturated carbocycles. The Morgan fingerprint density at radius 3 is 0.844 bits per heavy atom. The zero-order chi connectivity index (χ0) is 96.5. The summed E-state index contributed by atoms with van der Waals surface area (Å²) in [6.45, 7) is 11.8. The standard InChI is InChI=1S/C18H9Cl3F3S.C15H24O3S.C8H3BF6.C6BF5.C6H5ClO3S.C2HCl3O2.2CHF3O3S.2BF3.F6P.2FH/c19-13-7-10(1-4-16(13)22)25(11-2-5-17(23)14(20)8-11)12-3-6-18(24)15(21)9-12;1-9(2)12-7-13(10(3)4)15(19(16,17)18)14(8-12)11(5)6;9-6-2-4(7(10,11)12)1-5(3-6)8(13,14)15;7-1-2(8)4(10)6(12)5(11)3(1)9;7-5-1-3-6(4-2-5)11(8,9)10;3-2(4,5)1(6)7;2*2-1(3,4)8(5,6)7;2*2-1(3)4;1-7(2,3,4,5)6;;/h1-9H;7-11H,1-6H3,(H,16,17,18);1-3H;;1-4H,(H,8,9,10);(H,6,7);2*(H,5,6,7);;;;2*1H/q+1;;;;;;;;;;-1;;/p-7. The molecule has 0 aliphatic carbocycles. The van der Waals surface area contributed by atoms with E-state index in [2.05, 4.69) is 21.7 Å². The molecule has 0 N–H and O–H groups in total. The number of aliphatic carboxylic acids is 1. The minimum absolute atomic E-state index is 0. The third kappa shape index (κ3) is 52.5. The van der Waals surface area contributed by atoms with E-state index in [0.29, 0.717) is 48.9 Å². The van der Waals surface area contributed by atoms with Gasteiger partial charge in [0.25, 0.3) is 0 Å². The molecule has 0 unspecified atom stereocenters. The van der Waals surface area contributed by atoms with Crippen molar-refractivity contribution in [2.24, 2.45) is 0 Å². The van der Waals surface area contributed by atoms with Gasteiger partial charge in [-0.05, 0) is 107 Å². The average molecular weight is 2080 g/mol. The first-order valence-corrected chi connectivity index (χ1v) is 40.4. The molecular formula is C57H39B4Cl7F34O14PS5-7. The van der Waals surface area contributed by atoms with Crippen molar-refractivity contribution in [3.63, 3.8) is 0 Å². The van der Waals surface area contributed by atoms with Crippen LogP contribution in [0.15, 0.2) is 134 Å². The number of hydrogen-bond acceptors (Lipinski definition) is 14. The van der Waals surface area contributed by atoms with Crippen LogP contribution in [-0.4, -0.2) is 103 Å². The Balaban J connectivity index is -0.000000316. The molecule has 7 aromatic carbocycles. The van der Waals surface area contributed by atoms with Crippen LogP contribution in [-0.2, 0) is 68.5 Å². The number of alkyl halides is 15. The van der Waals surface area contributed by atoms with Crippen LogP contribution in [0.2, 0.25) is 20.1 Å². The molecule has 0 fully saturated rings. The monoisotopic (exact) mass is 2070 g/mol. The number of halogens is 41. The maximum absolute atomic E-state index is 13.5. The molecule has 0 aliphatic heterocycles. The minimum atomic E-state index is -10.7. The van der Waals surface area contributed by atoms with Crippen molar-refractivity contribution >= 4 is 188 Å². The molecule has 7 aromatic rings. The van der Waals surface area contributed by atoms with E-state index in [-0.39, 0.29) is 52.2 Å². The number of carboxylic acids is 1. The maximum Gasteiger partial charge on any atom is 0.485 e. The van der Waals surface area contributed by atoms with Crippen LogP contribution in [0.25, 0.3) is 0 Å². The molecule has 0 amide bonds. The quantitative estimate of drug-likeness (QED) is 0.0158. The van der Waals surface area contributed by atoms with Gasteiger partial charge in [0.1, 0.15) is 53.4 Å². The zero-order valence-corrected chi connectivity index (χ0v) is 69.4. The first-order valence-electron chi connectivity index (χ1n) is 28.8. The molecular weight excluding hydrogens is 2040 g/mol. The Kier molecular flexibility index (Phi) is 51.7. The Bertz CT molecular complexity index is 4690. The number of benzene rings is 7. The molecule has 0 atom stereocenters. The largest absolute Gasteiger partial charge is 1.00 e. The van der Waals surface area contributed by atoms with Crippen LogP contribution in [0.1, 0.15) is 87.1 Å². The van der Waals surface area contributed by atoms with E-state index in [1.165, 1.54) is 60.7 Å². The van der Waals surface area contributed by atoms with Gasteiger partial charge in [-0.3, -0.25) is 25.9 Å². The van der Waals surface area contributed by atoms with Crippen molar-refractivity contribution in [1.82, 2.24) is 0 Å². The van der Waals surface area contributed by atoms with E-state index < -0.39 is 176 Å². The van der Waals surface area contributed by atoms with Crippen molar-refractivity contribution in [2.45, 2.75) is 111 Å². The fourth-order valence-corrected chi connectivity index (χ4v) is 11.2. The Morgan fingerprint density at radius 2 is 0.664 bits per heavy atom. The molecule has 0 heterocycles. The number of carboxylic acid groups (broad SMARTS) is 1. The van der Waals surface area contributed by atoms with Crippen molar-refractivity contribution in [2.75, 3.05) is 0 Å². The van der Waals surface area contributed by atoms with Crippen LogP contribution in [0, 0.1) is 46.5 Å². The van der Waals surface area contributed by atoms with Gasteiger partial charge in [0.05, 0.1) is 52.9 Å². The summed E-state index contributed by atoms with van der Waals surface area (Å²) >= 11 is 37.4.